The second-order valence-corrected chi connectivity index (χ2v) is 11.7. The molecule has 6 heteroatoms. The average molecular weight is 515 g/mol. The van der Waals surface area contributed by atoms with E-state index in [2.05, 4.69) is 42.6 Å². The monoisotopic (exact) mass is 514 g/mol. The Hall–Kier alpha value is -3.64. The first-order chi connectivity index (χ1) is 17.7. The summed E-state index contributed by atoms with van der Waals surface area (Å²) in [4.78, 5) is 13.3. The summed E-state index contributed by atoms with van der Waals surface area (Å²) in [5.41, 5.74) is 4.51. The predicted octanol–water partition coefficient (Wildman–Crippen LogP) is 5.96. The van der Waals surface area contributed by atoms with Gasteiger partial charge in [-0.1, -0.05) is 79.2 Å². The number of amides is 1. The van der Waals surface area contributed by atoms with Crippen LogP contribution in [-0.2, 0) is 21.2 Å². The van der Waals surface area contributed by atoms with Crippen molar-refractivity contribution < 1.29 is 13.2 Å². The van der Waals surface area contributed by atoms with E-state index in [0.29, 0.717) is 12.2 Å². The molecular formula is C31H34N2O3S. The van der Waals surface area contributed by atoms with Gasteiger partial charge in [0.25, 0.3) is 10.0 Å². The van der Waals surface area contributed by atoms with Crippen molar-refractivity contribution in [3.8, 4) is 0 Å². The lowest BCUT2D eigenvalue weighted by molar-refractivity contribution is -0.119. The summed E-state index contributed by atoms with van der Waals surface area (Å²) in [6, 6.07) is 26.8. The zero-order chi connectivity index (χ0) is 26.6. The summed E-state index contributed by atoms with van der Waals surface area (Å²) < 4.78 is 28.6. The fourth-order valence-corrected chi connectivity index (χ4v) is 6.01. The van der Waals surface area contributed by atoms with Crippen LogP contribution in [0, 0.1) is 26.7 Å². The number of benzene rings is 4. The van der Waals surface area contributed by atoms with Gasteiger partial charge in [0, 0.05) is 6.54 Å². The van der Waals surface area contributed by atoms with E-state index in [1.807, 2.05) is 45.0 Å². The second kappa shape index (κ2) is 11.2. The summed E-state index contributed by atoms with van der Waals surface area (Å²) >= 11 is 0. The van der Waals surface area contributed by atoms with Crippen molar-refractivity contribution in [2.45, 2.75) is 39.0 Å². The highest BCUT2D eigenvalue weighted by molar-refractivity contribution is 7.92. The van der Waals surface area contributed by atoms with Gasteiger partial charge < -0.3 is 5.32 Å². The minimum absolute atomic E-state index is 0.163. The topological polar surface area (TPSA) is 66.5 Å². The Kier molecular flexibility index (Phi) is 7.98. The summed E-state index contributed by atoms with van der Waals surface area (Å²) in [6.45, 7) is 7.98. The number of carbonyl (C=O) groups is 1. The maximum atomic E-state index is 13.7. The fraction of sp³-hybridized carbons (Fsp3) is 0.258. The highest BCUT2D eigenvalue weighted by Crippen LogP contribution is 2.28. The van der Waals surface area contributed by atoms with Crippen molar-refractivity contribution in [2.24, 2.45) is 5.92 Å². The third-order valence-electron chi connectivity index (χ3n) is 6.84. The molecule has 0 saturated carbocycles. The number of nitrogens with one attached hydrogen (secondary N) is 1. The van der Waals surface area contributed by atoms with Crippen LogP contribution in [0.2, 0.25) is 0 Å². The molecule has 0 aliphatic rings. The van der Waals surface area contributed by atoms with Crippen molar-refractivity contribution in [1.82, 2.24) is 5.32 Å². The zero-order valence-electron chi connectivity index (χ0n) is 21.9. The lowest BCUT2D eigenvalue weighted by Crippen LogP contribution is -2.42. The second-order valence-electron chi connectivity index (χ2n) is 9.80. The molecule has 0 saturated heterocycles. The standard InChI is InChI=1S/C31H34N2O3S/c1-22-15-17-28(18-16-22)37(35,36)33(30-14-7-9-24(3)25(30)4)21-31(34)32-20-23(2)19-27-12-8-11-26-10-5-6-13-29(26)27/h5-18,23H,19-21H2,1-4H3,(H,32,34). The number of anilines is 1. The summed E-state index contributed by atoms with van der Waals surface area (Å²) in [6.07, 6.45) is 0.810. The first kappa shape index (κ1) is 26.4. The molecule has 4 aromatic carbocycles. The third kappa shape index (κ3) is 6.03. The van der Waals surface area contributed by atoms with Crippen LogP contribution in [-0.4, -0.2) is 27.4 Å². The molecule has 0 aromatic heterocycles. The van der Waals surface area contributed by atoms with Gasteiger partial charge in [0.15, 0.2) is 0 Å². The average Bonchev–Trinajstić information content (AvgIpc) is 2.88. The summed E-state index contributed by atoms with van der Waals surface area (Å²) in [5.74, 6) is -0.154. The highest BCUT2D eigenvalue weighted by atomic mass is 32.2. The molecule has 192 valence electrons. The number of nitrogens with zero attached hydrogens (tertiary/aromatic N) is 1. The van der Waals surface area contributed by atoms with Crippen LogP contribution in [0.1, 0.15) is 29.2 Å². The quantitative estimate of drug-likeness (QED) is 0.300. The van der Waals surface area contributed by atoms with Crippen molar-refractivity contribution in [1.29, 1.82) is 0 Å². The lowest BCUT2D eigenvalue weighted by atomic mass is 9.96. The Labute approximate surface area is 220 Å². The van der Waals surface area contributed by atoms with Gasteiger partial charge in [0.1, 0.15) is 6.54 Å². The zero-order valence-corrected chi connectivity index (χ0v) is 22.7. The van der Waals surface area contributed by atoms with E-state index >= 15 is 0 Å². The third-order valence-corrected chi connectivity index (χ3v) is 8.61. The number of sulfonamides is 1. The molecule has 0 heterocycles. The first-order valence-electron chi connectivity index (χ1n) is 12.6. The van der Waals surface area contributed by atoms with Crippen LogP contribution >= 0.6 is 0 Å². The van der Waals surface area contributed by atoms with Gasteiger partial charge in [-0.25, -0.2) is 8.42 Å². The van der Waals surface area contributed by atoms with Crippen LogP contribution in [0.4, 0.5) is 5.69 Å². The van der Waals surface area contributed by atoms with Crippen LogP contribution in [0.3, 0.4) is 0 Å². The number of carbonyl (C=O) groups excluding carboxylic acids is 1. The van der Waals surface area contributed by atoms with Crippen molar-refractivity contribution in [3.05, 3.63) is 107 Å². The van der Waals surface area contributed by atoms with Gasteiger partial charge in [-0.3, -0.25) is 9.10 Å². The molecule has 0 bridgehead atoms. The molecule has 4 aromatic rings. The van der Waals surface area contributed by atoms with Crippen LogP contribution < -0.4 is 9.62 Å². The van der Waals surface area contributed by atoms with Gasteiger partial charge in [-0.05, 0) is 78.8 Å². The normalized spacial score (nSPS) is 12.3. The molecule has 1 atom stereocenters. The molecule has 0 aliphatic heterocycles. The van der Waals surface area contributed by atoms with E-state index in [4.69, 9.17) is 0 Å². The molecule has 1 unspecified atom stereocenters. The van der Waals surface area contributed by atoms with Gasteiger partial charge in [0.05, 0.1) is 10.6 Å². The number of hydrogen-bond acceptors (Lipinski definition) is 3. The Bertz CT molecular complexity index is 1510. The molecule has 1 amide bonds. The smallest absolute Gasteiger partial charge is 0.264 e. The van der Waals surface area contributed by atoms with Gasteiger partial charge in [-0.2, -0.15) is 0 Å². The van der Waals surface area contributed by atoms with E-state index in [-0.39, 0.29) is 23.3 Å². The van der Waals surface area contributed by atoms with E-state index in [1.54, 1.807) is 30.3 Å². The van der Waals surface area contributed by atoms with E-state index in [1.165, 1.54) is 20.6 Å². The molecule has 0 spiro atoms. The number of hydrogen-bond donors (Lipinski definition) is 1. The molecule has 37 heavy (non-hydrogen) atoms. The maximum Gasteiger partial charge on any atom is 0.264 e. The molecule has 5 nitrogen and oxygen atoms in total. The Morgan fingerprint density at radius 1 is 0.865 bits per heavy atom. The SMILES string of the molecule is Cc1ccc(S(=O)(=O)N(CC(=O)NCC(C)Cc2cccc3ccccc23)c2cccc(C)c2C)cc1. The molecule has 1 N–H and O–H groups in total. The van der Waals surface area contributed by atoms with E-state index in [0.717, 1.165) is 23.1 Å². The molecule has 4 rings (SSSR count). The molecule has 0 fully saturated rings. The number of fused-ring (bicyclic) bond motifs is 1. The first-order valence-corrected chi connectivity index (χ1v) is 14.0. The fourth-order valence-electron chi connectivity index (χ4n) is 4.54. The van der Waals surface area contributed by atoms with Gasteiger partial charge in [0.2, 0.25) is 5.91 Å². The Morgan fingerprint density at radius 3 is 2.30 bits per heavy atom. The lowest BCUT2D eigenvalue weighted by Gasteiger charge is -2.26. The molecular weight excluding hydrogens is 480 g/mol. The predicted molar refractivity (Wildman–Crippen MR) is 151 cm³/mol. The molecule has 0 radical (unpaired) electrons. The minimum atomic E-state index is -3.94. The minimum Gasteiger partial charge on any atom is -0.354 e. The van der Waals surface area contributed by atoms with Crippen LogP contribution in [0.25, 0.3) is 10.8 Å². The Morgan fingerprint density at radius 2 is 1.54 bits per heavy atom. The van der Waals surface area contributed by atoms with Crippen molar-refractivity contribution in [2.75, 3.05) is 17.4 Å². The van der Waals surface area contributed by atoms with Crippen LogP contribution in [0.5, 0.6) is 0 Å². The van der Waals surface area contributed by atoms with E-state index < -0.39 is 10.0 Å². The highest BCUT2D eigenvalue weighted by Gasteiger charge is 2.28. The van der Waals surface area contributed by atoms with E-state index in [9.17, 15) is 13.2 Å². The Balaban J connectivity index is 1.51. The number of rotatable bonds is 9. The van der Waals surface area contributed by atoms with Crippen molar-refractivity contribution in [3.63, 3.8) is 0 Å². The summed E-state index contributed by atoms with van der Waals surface area (Å²) in [5, 5.41) is 5.38. The maximum absolute atomic E-state index is 13.7. The van der Waals surface area contributed by atoms with Crippen molar-refractivity contribution >= 4 is 32.4 Å². The summed E-state index contributed by atoms with van der Waals surface area (Å²) in [7, 11) is -3.94. The van der Waals surface area contributed by atoms with Crippen LogP contribution in [0.15, 0.2) is 89.8 Å². The molecule has 0 aliphatic carbocycles. The largest absolute Gasteiger partial charge is 0.354 e. The number of aryl methyl sites for hydroxylation is 2. The van der Waals surface area contributed by atoms with Gasteiger partial charge >= 0.3 is 0 Å². The van der Waals surface area contributed by atoms with Gasteiger partial charge in [-0.15, -0.1) is 0 Å².